The lowest BCUT2D eigenvalue weighted by molar-refractivity contribution is 0.0979. The van der Waals surface area contributed by atoms with Crippen molar-refractivity contribution in [3.63, 3.8) is 0 Å². The Morgan fingerprint density at radius 3 is 2.08 bits per heavy atom. The summed E-state index contributed by atoms with van der Waals surface area (Å²) in [7, 11) is 0. The second-order valence-electron chi connectivity index (χ2n) is 4.77. The maximum atomic E-state index is 2.74. The van der Waals surface area contributed by atoms with Gasteiger partial charge in [0.25, 0.3) is 0 Å². The zero-order chi connectivity index (χ0) is 8.55. The summed E-state index contributed by atoms with van der Waals surface area (Å²) in [4.78, 5) is 2.74. The van der Waals surface area contributed by atoms with Crippen LogP contribution in [0.15, 0.2) is 0 Å². The zero-order valence-electron chi connectivity index (χ0n) is 8.42. The molecule has 0 N–H and O–H groups in total. The highest BCUT2D eigenvalue weighted by Gasteiger charge is 2.30. The van der Waals surface area contributed by atoms with Gasteiger partial charge in [0, 0.05) is 18.6 Å². The van der Waals surface area contributed by atoms with Gasteiger partial charge in [-0.05, 0) is 45.4 Å². The van der Waals surface area contributed by atoms with Crippen LogP contribution in [0, 0.1) is 5.92 Å². The van der Waals surface area contributed by atoms with Gasteiger partial charge >= 0.3 is 0 Å². The molecule has 0 unspecified atom stereocenters. The fourth-order valence-corrected chi connectivity index (χ4v) is 2.43. The molecule has 0 aromatic heterocycles. The highest BCUT2D eigenvalue weighted by atomic mass is 15.2. The van der Waals surface area contributed by atoms with Gasteiger partial charge in [-0.15, -0.1) is 0 Å². The molecule has 1 saturated heterocycles. The predicted octanol–water partition coefficient (Wildman–Crippen LogP) is 2.66. The first-order valence-electron chi connectivity index (χ1n) is 5.53. The van der Waals surface area contributed by atoms with E-state index >= 15 is 0 Å². The van der Waals surface area contributed by atoms with Crippen molar-refractivity contribution in [2.45, 2.75) is 58.0 Å². The predicted molar refractivity (Wildman–Crippen MR) is 52.2 cm³/mol. The first-order valence-corrected chi connectivity index (χ1v) is 5.53. The third-order valence-corrected chi connectivity index (χ3v) is 3.54. The number of likely N-dealkylation sites (tertiary alicyclic amines) is 1. The average Bonchev–Trinajstić information content (AvgIpc) is 2.80. The smallest absolute Gasteiger partial charge is 0.00698 e. The van der Waals surface area contributed by atoms with Crippen LogP contribution in [0.3, 0.4) is 0 Å². The molecule has 2 rings (SSSR count). The van der Waals surface area contributed by atoms with Crippen molar-refractivity contribution in [1.82, 2.24) is 4.90 Å². The van der Waals surface area contributed by atoms with Gasteiger partial charge in [-0.2, -0.15) is 0 Å². The molecule has 2 atom stereocenters. The summed E-state index contributed by atoms with van der Waals surface area (Å²) in [5, 5.41) is 0. The lowest BCUT2D eigenvalue weighted by atomic mass is 9.97. The summed E-state index contributed by atoms with van der Waals surface area (Å²) in [6, 6.07) is 1.71. The Morgan fingerprint density at radius 2 is 1.58 bits per heavy atom. The van der Waals surface area contributed by atoms with Crippen molar-refractivity contribution in [1.29, 1.82) is 0 Å². The minimum atomic E-state index is 0.856. The average molecular weight is 167 g/mol. The first kappa shape index (κ1) is 8.55. The molecule has 1 heteroatoms. The van der Waals surface area contributed by atoms with Gasteiger partial charge in [-0.25, -0.2) is 0 Å². The molecular weight excluding hydrogens is 146 g/mol. The number of hydrogen-bond donors (Lipinski definition) is 0. The standard InChI is InChI=1S/C11H21N/c1-9-4-3-5-10(2)12(9)8-11-6-7-11/h9-11H,3-8H2,1-2H3/t9-,10-/m1/s1. The van der Waals surface area contributed by atoms with Gasteiger partial charge in [0.1, 0.15) is 0 Å². The van der Waals surface area contributed by atoms with Crippen LogP contribution < -0.4 is 0 Å². The summed E-state index contributed by atoms with van der Waals surface area (Å²) in [5.41, 5.74) is 0. The molecule has 0 spiro atoms. The highest BCUT2D eigenvalue weighted by Crippen LogP contribution is 2.33. The van der Waals surface area contributed by atoms with E-state index in [1.54, 1.807) is 0 Å². The van der Waals surface area contributed by atoms with Gasteiger partial charge in [0.05, 0.1) is 0 Å². The van der Waals surface area contributed by atoms with Crippen molar-refractivity contribution >= 4 is 0 Å². The summed E-state index contributed by atoms with van der Waals surface area (Å²) >= 11 is 0. The van der Waals surface area contributed by atoms with E-state index in [1.807, 2.05) is 0 Å². The van der Waals surface area contributed by atoms with Crippen LogP contribution in [0.4, 0.5) is 0 Å². The van der Waals surface area contributed by atoms with Gasteiger partial charge in [-0.1, -0.05) is 6.42 Å². The Hall–Kier alpha value is -0.0400. The number of hydrogen-bond acceptors (Lipinski definition) is 1. The zero-order valence-corrected chi connectivity index (χ0v) is 8.42. The quantitative estimate of drug-likeness (QED) is 0.611. The van der Waals surface area contributed by atoms with Gasteiger partial charge in [-0.3, -0.25) is 4.90 Å². The summed E-state index contributed by atoms with van der Waals surface area (Å²) in [6.45, 7) is 6.19. The van der Waals surface area contributed by atoms with Crippen molar-refractivity contribution in [2.24, 2.45) is 5.92 Å². The SMILES string of the molecule is C[C@@H]1CCC[C@@H](C)N1CC1CC1. The Morgan fingerprint density at radius 1 is 1.00 bits per heavy atom. The van der Waals surface area contributed by atoms with E-state index in [1.165, 1.54) is 38.6 Å². The van der Waals surface area contributed by atoms with Crippen molar-refractivity contribution < 1.29 is 0 Å². The number of rotatable bonds is 2. The van der Waals surface area contributed by atoms with E-state index in [2.05, 4.69) is 18.7 Å². The molecule has 70 valence electrons. The van der Waals surface area contributed by atoms with E-state index in [4.69, 9.17) is 0 Å². The fourth-order valence-electron chi connectivity index (χ4n) is 2.43. The van der Waals surface area contributed by atoms with Crippen LogP contribution in [0.2, 0.25) is 0 Å². The highest BCUT2D eigenvalue weighted by molar-refractivity contribution is 4.85. The van der Waals surface area contributed by atoms with Crippen LogP contribution in [0.1, 0.15) is 46.0 Å². The van der Waals surface area contributed by atoms with Crippen LogP contribution in [0.5, 0.6) is 0 Å². The Balaban J connectivity index is 1.88. The molecule has 0 aromatic rings. The Bertz CT molecular complexity index is 141. The second-order valence-corrected chi connectivity index (χ2v) is 4.77. The largest absolute Gasteiger partial charge is 0.298 e. The number of nitrogens with zero attached hydrogens (tertiary/aromatic N) is 1. The lowest BCUT2D eigenvalue weighted by Crippen LogP contribution is -2.44. The van der Waals surface area contributed by atoms with Crippen LogP contribution in [0.25, 0.3) is 0 Å². The normalized spacial score (nSPS) is 38.5. The first-order chi connectivity index (χ1) is 5.77. The van der Waals surface area contributed by atoms with Crippen LogP contribution in [-0.2, 0) is 0 Å². The van der Waals surface area contributed by atoms with Crippen molar-refractivity contribution in [3.8, 4) is 0 Å². The van der Waals surface area contributed by atoms with E-state index < -0.39 is 0 Å². The number of piperidine rings is 1. The molecule has 1 nitrogen and oxygen atoms in total. The molecule has 0 bridgehead atoms. The second kappa shape index (κ2) is 3.37. The molecule has 12 heavy (non-hydrogen) atoms. The Labute approximate surface area is 76.1 Å². The molecule has 1 aliphatic carbocycles. The minimum Gasteiger partial charge on any atom is -0.298 e. The topological polar surface area (TPSA) is 3.24 Å². The molecule has 1 heterocycles. The molecule has 0 amide bonds. The fraction of sp³-hybridized carbons (Fsp3) is 1.00. The molecule has 0 aromatic carbocycles. The molecular formula is C11H21N. The van der Waals surface area contributed by atoms with E-state index in [0.717, 1.165) is 18.0 Å². The molecule has 1 saturated carbocycles. The summed E-state index contributed by atoms with van der Waals surface area (Å²) in [6.07, 6.45) is 7.30. The molecule has 1 aliphatic heterocycles. The molecule has 2 fully saturated rings. The monoisotopic (exact) mass is 167 g/mol. The molecule has 2 aliphatic rings. The Kier molecular flexibility index (Phi) is 2.40. The van der Waals surface area contributed by atoms with E-state index in [9.17, 15) is 0 Å². The van der Waals surface area contributed by atoms with Crippen molar-refractivity contribution in [3.05, 3.63) is 0 Å². The van der Waals surface area contributed by atoms with Gasteiger partial charge in [0.15, 0.2) is 0 Å². The van der Waals surface area contributed by atoms with E-state index in [0.29, 0.717) is 0 Å². The van der Waals surface area contributed by atoms with Crippen molar-refractivity contribution in [2.75, 3.05) is 6.54 Å². The minimum absolute atomic E-state index is 0.856. The third-order valence-electron chi connectivity index (χ3n) is 3.54. The van der Waals surface area contributed by atoms with Crippen LogP contribution in [-0.4, -0.2) is 23.5 Å². The van der Waals surface area contributed by atoms with Crippen LogP contribution >= 0.6 is 0 Å². The maximum absolute atomic E-state index is 2.74. The summed E-state index contributed by atoms with van der Waals surface area (Å²) < 4.78 is 0. The summed E-state index contributed by atoms with van der Waals surface area (Å²) in [5.74, 6) is 1.06. The molecule has 0 radical (unpaired) electrons. The third kappa shape index (κ3) is 1.82. The maximum Gasteiger partial charge on any atom is 0.00698 e. The van der Waals surface area contributed by atoms with Gasteiger partial charge < -0.3 is 0 Å². The lowest BCUT2D eigenvalue weighted by Gasteiger charge is -2.39. The van der Waals surface area contributed by atoms with Gasteiger partial charge in [0.2, 0.25) is 0 Å². The van der Waals surface area contributed by atoms with E-state index in [-0.39, 0.29) is 0 Å².